The van der Waals surface area contributed by atoms with Crippen molar-refractivity contribution in [3.05, 3.63) is 63.8 Å². The number of rotatable bonds is 12. The number of esters is 2. The average molecular weight is 608 g/mol. The maximum atomic E-state index is 13.0. The molecule has 0 bridgehead atoms. The molecule has 2 aromatic rings. The summed E-state index contributed by atoms with van der Waals surface area (Å²) in [5.41, 5.74) is 0.390. The zero-order valence-corrected chi connectivity index (χ0v) is 23.2. The predicted molar refractivity (Wildman–Crippen MR) is 144 cm³/mol. The smallest absolute Gasteiger partial charge is 0.342 e. The Morgan fingerprint density at radius 2 is 1.72 bits per heavy atom. The molecule has 0 heterocycles. The Morgan fingerprint density at radius 1 is 1.06 bits per heavy atom. The summed E-state index contributed by atoms with van der Waals surface area (Å²) in [6, 6.07) is 12.1. The van der Waals surface area contributed by atoms with Gasteiger partial charge in [0.2, 0.25) is 0 Å². The van der Waals surface area contributed by atoms with Crippen molar-refractivity contribution in [1.82, 2.24) is 0 Å². The van der Waals surface area contributed by atoms with Crippen LogP contribution in [-0.4, -0.2) is 37.0 Å². The molecule has 0 aliphatic heterocycles. The highest BCUT2D eigenvalue weighted by Crippen LogP contribution is 2.37. The van der Waals surface area contributed by atoms with Crippen molar-refractivity contribution in [2.75, 3.05) is 13.2 Å². The summed E-state index contributed by atoms with van der Waals surface area (Å²) < 4.78 is 29.4. The topological polar surface area (TPSA) is 80.3 Å². The molecule has 1 saturated carbocycles. The third kappa shape index (κ3) is 7.96. The van der Waals surface area contributed by atoms with E-state index in [0.717, 1.165) is 35.7 Å². The van der Waals surface area contributed by atoms with Gasteiger partial charge in [0.15, 0.2) is 6.29 Å². The van der Waals surface area contributed by atoms with Crippen LogP contribution in [0.15, 0.2) is 54.6 Å². The van der Waals surface area contributed by atoms with Crippen molar-refractivity contribution < 1.29 is 33.3 Å². The van der Waals surface area contributed by atoms with Gasteiger partial charge in [0.05, 0.1) is 6.61 Å². The quantitative estimate of drug-likeness (QED) is 0.0683. The van der Waals surface area contributed by atoms with Gasteiger partial charge in [-0.3, -0.25) is 0 Å². The van der Waals surface area contributed by atoms with E-state index in [0.29, 0.717) is 28.4 Å². The van der Waals surface area contributed by atoms with Gasteiger partial charge >= 0.3 is 11.9 Å². The fourth-order valence-electron chi connectivity index (χ4n) is 3.96. The van der Waals surface area contributed by atoms with Crippen LogP contribution in [0, 0.1) is 3.57 Å². The highest BCUT2D eigenvalue weighted by molar-refractivity contribution is 14.1. The van der Waals surface area contributed by atoms with E-state index in [2.05, 4.69) is 36.1 Å². The minimum Gasteiger partial charge on any atom is -0.490 e. The van der Waals surface area contributed by atoms with Crippen molar-refractivity contribution in [3.8, 4) is 17.2 Å². The summed E-state index contributed by atoms with van der Waals surface area (Å²) >= 11 is 2.17. The minimum absolute atomic E-state index is 0.239. The molecule has 1 unspecified atom stereocenters. The first-order valence-corrected chi connectivity index (χ1v) is 13.2. The van der Waals surface area contributed by atoms with Crippen LogP contribution in [-0.2, 0) is 14.3 Å². The van der Waals surface area contributed by atoms with E-state index < -0.39 is 12.3 Å². The number of hydrogen-bond donors (Lipinski definition) is 0. The SMILES string of the molecule is C=C(C)C(=O)Oc1ccc(OC(C)OCCOc2ccc(I)cc2C(=O)OC2(CC)CCCC2)cc1. The maximum Gasteiger partial charge on any atom is 0.342 e. The van der Waals surface area contributed by atoms with Crippen molar-refractivity contribution in [2.45, 2.75) is 64.8 Å². The molecule has 7 nitrogen and oxygen atoms in total. The van der Waals surface area contributed by atoms with E-state index in [-0.39, 0.29) is 24.8 Å². The molecule has 0 amide bonds. The summed E-state index contributed by atoms with van der Waals surface area (Å²) in [4.78, 5) is 24.6. The van der Waals surface area contributed by atoms with Crippen molar-refractivity contribution in [1.29, 1.82) is 0 Å². The number of halogens is 1. The molecule has 8 heteroatoms. The van der Waals surface area contributed by atoms with Gasteiger partial charge in [-0.05, 0) is 111 Å². The van der Waals surface area contributed by atoms with Crippen LogP contribution in [0.5, 0.6) is 17.2 Å². The second-order valence-electron chi connectivity index (χ2n) is 8.82. The molecule has 1 atom stereocenters. The molecule has 0 spiro atoms. The zero-order chi connectivity index (χ0) is 26.1. The van der Waals surface area contributed by atoms with Gasteiger partial charge in [-0.15, -0.1) is 0 Å². The molecular formula is C28H33IO7. The van der Waals surface area contributed by atoms with Gasteiger partial charge < -0.3 is 23.7 Å². The minimum atomic E-state index is -0.537. The van der Waals surface area contributed by atoms with Crippen LogP contribution in [0.2, 0.25) is 0 Å². The monoisotopic (exact) mass is 608 g/mol. The van der Waals surface area contributed by atoms with E-state index in [1.807, 2.05) is 6.07 Å². The number of carbonyl (C=O) groups is 2. The lowest BCUT2D eigenvalue weighted by molar-refractivity contribution is -0.130. The van der Waals surface area contributed by atoms with E-state index in [1.165, 1.54) is 0 Å². The second kappa shape index (κ2) is 13.1. The van der Waals surface area contributed by atoms with E-state index in [4.69, 9.17) is 23.7 Å². The van der Waals surface area contributed by atoms with Gasteiger partial charge in [0, 0.05) is 9.14 Å². The molecule has 1 aliphatic carbocycles. The van der Waals surface area contributed by atoms with Gasteiger partial charge in [0.25, 0.3) is 0 Å². The molecule has 0 radical (unpaired) electrons. The molecule has 2 aromatic carbocycles. The highest BCUT2D eigenvalue weighted by Gasteiger charge is 2.36. The lowest BCUT2D eigenvalue weighted by atomic mass is 9.98. The van der Waals surface area contributed by atoms with Crippen LogP contribution in [0.1, 0.15) is 63.2 Å². The maximum absolute atomic E-state index is 13.0. The van der Waals surface area contributed by atoms with Gasteiger partial charge in [0.1, 0.15) is 35.0 Å². The molecular weight excluding hydrogens is 575 g/mol. The molecule has 0 N–H and O–H groups in total. The normalized spacial score (nSPS) is 15.1. The number of benzene rings is 2. The van der Waals surface area contributed by atoms with E-state index in [9.17, 15) is 9.59 Å². The standard InChI is InChI=1S/C28H33IO7/c1-5-28(14-6-7-15-28)36-27(31)24-18-21(29)8-13-25(24)33-17-16-32-20(4)34-22-9-11-23(12-10-22)35-26(30)19(2)3/h8-13,18,20H,2,5-7,14-17H2,1,3-4H3. The highest BCUT2D eigenvalue weighted by atomic mass is 127. The third-order valence-electron chi connectivity index (χ3n) is 6.01. The van der Waals surface area contributed by atoms with Crippen LogP contribution in [0.3, 0.4) is 0 Å². The van der Waals surface area contributed by atoms with Crippen molar-refractivity contribution >= 4 is 34.5 Å². The average Bonchev–Trinajstić information content (AvgIpc) is 3.32. The first-order chi connectivity index (χ1) is 17.2. The molecule has 1 aliphatic rings. The Hall–Kier alpha value is -2.59. The Balaban J connectivity index is 1.48. The van der Waals surface area contributed by atoms with Gasteiger partial charge in [-0.2, -0.15) is 0 Å². The fourth-order valence-corrected chi connectivity index (χ4v) is 4.45. The van der Waals surface area contributed by atoms with E-state index >= 15 is 0 Å². The van der Waals surface area contributed by atoms with Gasteiger partial charge in [-0.25, -0.2) is 9.59 Å². The summed E-state index contributed by atoms with van der Waals surface area (Å²) in [5, 5.41) is 0. The van der Waals surface area contributed by atoms with E-state index in [1.54, 1.807) is 50.2 Å². The summed E-state index contributed by atoms with van der Waals surface area (Å²) in [6.45, 7) is 9.48. The zero-order valence-electron chi connectivity index (χ0n) is 21.0. The molecule has 0 saturated heterocycles. The molecule has 36 heavy (non-hydrogen) atoms. The Bertz CT molecular complexity index is 1060. The van der Waals surface area contributed by atoms with Crippen LogP contribution >= 0.6 is 22.6 Å². The molecule has 1 fully saturated rings. The predicted octanol–water partition coefficient (Wildman–Crippen LogP) is 6.47. The largest absolute Gasteiger partial charge is 0.490 e. The Morgan fingerprint density at radius 3 is 2.36 bits per heavy atom. The van der Waals surface area contributed by atoms with Gasteiger partial charge in [-0.1, -0.05) is 13.5 Å². The number of hydrogen-bond acceptors (Lipinski definition) is 7. The Kier molecular flexibility index (Phi) is 10.2. The number of ether oxygens (including phenoxy) is 5. The van der Waals surface area contributed by atoms with Crippen molar-refractivity contribution in [3.63, 3.8) is 0 Å². The molecule has 3 rings (SSSR count). The lowest BCUT2D eigenvalue weighted by Crippen LogP contribution is -2.31. The third-order valence-corrected chi connectivity index (χ3v) is 6.68. The molecule has 194 valence electrons. The lowest BCUT2D eigenvalue weighted by Gasteiger charge is -2.28. The summed E-state index contributed by atoms with van der Waals surface area (Å²) in [5.74, 6) is 0.622. The fraction of sp³-hybridized carbons (Fsp3) is 0.429. The van der Waals surface area contributed by atoms with Crippen LogP contribution in [0.25, 0.3) is 0 Å². The number of carbonyl (C=O) groups excluding carboxylic acids is 2. The summed E-state index contributed by atoms with van der Waals surface area (Å²) in [7, 11) is 0. The van der Waals surface area contributed by atoms with Crippen LogP contribution in [0.4, 0.5) is 0 Å². The summed E-state index contributed by atoms with van der Waals surface area (Å²) in [6.07, 6.45) is 4.26. The second-order valence-corrected chi connectivity index (χ2v) is 10.1. The van der Waals surface area contributed by atoms with Crippen molar-refractivity contribution in [2.24, 2.45) is 0 Å². The molecule has 0 aromatic heterocycles. The first-order valence-electron chi connectivity index (χ1n) is 12.1. The van der Waals surface area contributed by atoms with Crippen LogP contribution < -0.4 is 14.2 Å². The Labute approximate surface area is 226 Å². The first kappa shape index (κ1) is 28.0.